The van der Waals surface area contributed by atoms with Gasteiger partial charge in [-0.15, -0.1) is 0 Å². The Labute approximate surface area is 125 Å². The highest BCUT2D eigenvalue weighted by atomic mass is 32.2. The SMILES string of the molecule is C=C/C(=C(/C)N=C)c1ccc(SN2CCOCC2)cc1. The molecule has 106 valence electrons. The largest absolute Gasteiger partial charge is 0.379 e. The molecule has 0 radical (unpaired) electrons. The van der Waals surface area contributed by atoms with E-state index in [1.54, 1.807) is 11.9 Å². The van der Waals surface area contributed by atoms with Crippen LogP contribution in [0.1, 0.15) is 12.5 Å². The highest BCUT2D eigenvalue weighted by molar-refractivity contribution is 7.97. The molecule has 0 bridgehead atoms. The number of hydrogen-bond acceptors (Lipinski definition) is 4. The van der Waals surface area contributed by atoms with Gasteiger partial charge in [0, 0.05) is 29.3 Å². The number of ether oxygens (including phenoxy) is 1. The molecular weight excluding hydrogens is 268 g/mol. The molecule has 1 saturated heterocycles. The smallest absolute Gasteiger partial charge is 0.0603 e. The third kappa shape index (κ3) is 3.82. The molecule has 1 aromatic rings. The lowest BCUT2D eigenvalue weighted by Crippen LogP contribution is -2.30. The molecule has 1 fully saturated rings. The molecule has 0 atom stereocenters. The molecule has 1 aromatic carbocycles. The van der Waals surface area contributed by atoms with Gasteiger partial charge >= 0.3 is 0 Å². The van der Waals surface area contributed by atoms with Crippen molar-refractivity contribution in [3.8, 4) is 0 Å². The van der Waals surface area contributed by atoms with Gasteiger partial charge in [0.1, 0.15) is 0 Å². The van der Waals surface area contributed by atoms with Crippen molar-refractivity contribution in [3.05, 3.63) is 48.2 Å². The van der Waals surface area contributed by atoms with Crippen molar-refractivity contribution >= 4 is 24.2 Å². The zero-order valence-electron chi connectivity index (χ0n) is 11.8. The van der Waals surface area contributed by atoms with Crippen LogP contribution in [0, 0.1) is 0 Å². The van der Waals surface area contributed by atoms with Crippen LogP contribution in [0.15, 0.2) is 52.5 Å². The molecule has 0 amide bonds. The van der Waals surface area contributed by atoms with Crippen molar-refractivity contribution in [1.82, 2.24) is 4.31 Å². The number of benzene rings is 1. The number of rotatable bonds is 5. The quantitative estimate of drug-likeness (QED) is 0.470. The van der Waals surface area contributed by atoms with E-state index in [1.165, 1.54) is 4.90 Å². The summed E-state index contributed by atoms with van der Waals surface area (Å²) in [4.78, 5) is 5.22. The summed E-state index contributed by atoms with van der Waals surface area (Å²) >= 11 is 1.78. The minimum absolute atomic E-state index is 0.818. The van der Waals surface area contributed by atoms with Gasteiger partial charge < -0.3 is 4.74 Å². The average Bonchev–Trinajstić information content (AvgIpc) is 2.50. The first-order valence-corrected chi connectivity index (χ1v) is 7.43. The molecule has 2 rings (SSSR count). The van der Waals surface area contributed by atoms with E-state index in [1.807, 2.05) is 13.0 Å². The van der Waals surface area contributed by atoms with Crippen LogP contribution in [0.3, 0.4) is 0 Å². The molecule has 1 aliphatic rings. The van der Waals surface area contributed by atoms with Crippen LogP contribution in [0.2, 0.25) is 0 Å². The first kappa shape index (κ1) is 15.0. The van der Waals surface area contributed by atoms with E-state index in [9.17, 15) is 0 Å². The molecule has 1 aliphatic heterocycles. The summed E-state index contributed by atoms with van der Waals surface area (Å²) in [5.41, 5.74) is 3.05. The maximum absolute atomic E-state index is 5.35. The van der Waals surface area contributed by atoms with E-state index in [4.69, 9.17) is 4.74 Å². The monoisotopic (exact) mass is 288 g/mol. The Hall–Kier alpha value is -1.36. The second-order valence-electron chi connectivity index (χ2n) is 4.52. The Balaban J connectivity index is 2.09. The number of nitrogens with zero attached hydrogens (tertiary/aromatic N) is 2. The third-order valence-electron chi connectivity index (χ3n) is 3.20. The van der Waals surface area contributed by atoms with Crippen molar-refractivity contribution in [2.24, 2.45) is 4.99 Å². The van der Waals surface area contributed by atoms with Crippen LogP contribution < -0.4 is 0 Å². The highest BCUT2D eigenvalue weighted by Gasteiger charge is 2.11. The lowest BCUT2D eigenvalue weighted by Gasteiger charge is -2.25. The fraction of sp³-hybridized carbons (Fsp3) is 0.312. The number of aliphatic imine (C=N–C) groups is 1. The lowest BCUT2D eigenvalue weighted by atomic mass is 10.0. The predicted octanol–water partition coefficient (Wildman–Crippen LogP) is 3.64. The van der Waals surface area contributed by atoms with Crippen molar-refractivity contribution < 1.29 is 4.74 Å². The second-order valence-corrected chi connectivity index (χ2v) is 5.69. The van der Waals surface area contributed by atoms with Crippen LogP contribution in [-0.2, 0) is 4.74 Å². The third-order valence-corrected chi connectivity index (χ3v) is 4.31. The van der Waals surface area contributed by atoms with E-state index >= 15 is 0 Å². The predicted molar refractivity (Wildman–Crippen MR) is 87.0 cm³/mol. The summed E-state index contributed by atoms with van der Waals surface area (Å²) in [5, 5.41) is 0. The number of morpholine rings is 1. The van der Waals surface area contributed by atoms with Gasteiger partial charge in [0.2, 0.25) is 0 Å². The van der Waals surface area contributed by atoms with Gasteiger partial charge in [-0.2, -0.15) is 0 Å². The molecule has 1 heterocycles. The van der Waals surface area contributed by atoms with E-state index in [0.717, 1.165) is 43.1 Å². The molecular formula is C16H20N2OS. The Bertz CT molecular complexity index is 502. The molecule has 0 saturated carbocycles. The van der Waals surface area contributed by atoms with E-state index in [2.05, 4.69) is 46.9 Å². The van der Waals surface area contributed by atoms with Crippen molar-refractivity contribution in [1.29, 1.82) is 0 Å². The van der Waals surface area contributed by atoms with Crippen molar-refractivity contribution in [3.63, 3.8) is 0 Å². The van der Waals surface area contributed by atoms with Crippen molar-refractivity contribution in [2.75, 3.05) is 26.3 Å². The topological polar surface area (TPSA) is 24.8 Å². The zero-order chi connectivity index (χ0) is 14.4. The van der Waals surface area contributed by atoms with Crippen LogP contribution in [0.4, 0.5) is 0 Å². The summed E-state index contributed by atoms with van der Waals surface area (Å²) in [6.45, 7) is 13.0. The Kier molecular flexibility index (Phi) is 5.59. The van der Waals surface area contributed by atoms with Gasteiger partial charge in [-0.05, 0) is 43.3 Å². The Morgan fingerprint density at radius 2 is 1.95 bits per heavy atom. The molecule has 0 aliphatic carbocycles. The van der Waals surface area contributed by atoms with E-state index in [0.29, 0.717) is 0 Å². The molecule has 0 aromatic heterocycles. The van der Waals surface area contributed by atoms with Gasteiger partial charge in [-0.1, -0.05) is 24.8 Å². The molecule has 0 N–H and O–H groups in total. The minimum atomic E-state index is 0.818. The van der Waals surface area contributed by atoms with Gasteiger partial charge in [0.15, 0.2) is 0 Å². The van der Waals surface area contributed by atoms with Crippen LogP contribution >= 0.6 is 11.9 Å². The fourth-order valence-corrected chi connectivity index (χ4v) is 2.93. The molecule has 4 heteroatoms. The van der Waals surface area contributed by atoms with E-state index in [-0.39, 0.29) is 0 Å². The van der Waals surface area contributed by atoms with Crippen LogP contribution in [-0.4, -0.2) is 37.3 Å². The maximum atomic E-state index is 5.35. The Morgan fingerprint density at radius 1 is 1.30 bits per heavy atom. The van der Waals surface area contributed by atoms with E-state index < -0.39 is 0 Å². The molecule has 0 spiro atoms. The van der Waals surface area contributed by atoms with Crippen LogP contribution in [0.5, 0.6) is 0 Å². The summed E-state index contributed by atoms with van der Waals surface area (Å²) < 4.78 is 7.69. The number of hydrogen-bond donors (Lipinski definition) is 0. The molecule has 20 heavy (non-hydrogen) atoms. The standard InChI is InChI=1S/C16H20N2OS/c1-4-16(13(2)17-3)14-5-7-15(8-6-14)20-18-9-11-19-12-10-18/h4-8H,1,3,9-12H2,2H3/b16-13+. The second kappa shape index (κ2) is 7.43. The van der Waals surface area contributed by atoms with Crippen molar-refractivity contribution in [2.45, 2.75) is 11.8 Å². The molecule has 0 unspecified atom stereocenters. The van der Waals surface area contributed by atoms with Gasteiger partial charge in [-0.25, -0.2) is 4.31 Å². The van der Waals surface area contributed by atoms with Crippen LogP contribution in [0.25, 0.3) is 5.57 Å². The Morgan fingerprint density at radius 3 is 2.50 bits per heavy atom. The fourth-order valence-electron chi connectivity index (χ4n) is 2.04. The summed E-state index contributed by atoms with van der Waals surface area (Å²) in [6, 6.07) is 8.48. The summed E-state index contributed by atoms with van der Waals surface area (Å²) in [6.07, 6.45) is 1.83. The maximum Gasteiger partial charge on any atom is 0.0603 e. The van der Waals surface area contributed by atoms with Gasteiger partial charge in [0.25, 0.3) is 0 Å². The van der Waals surface area contributed by atoms with Gasteiger partial charge in [0.05, 0.1) is 13.2 Å². The first-order chi connectivity index (χ1) is 9.74. The van der Waals surface area contributed by atoms with Gasteiger partial charge in [-0.3, -0.25) is 4.99 Å². The lowest BCUT2D eigenvalue weighted by molar-refractivity contribution is 0.0773. The molecule has 3 nitrogen and oxygen atoms in total. The normalized spacial score (nSPS) is 17.4. The highest BCUT2D eigenvalue weighted by Crippen LogP contribution is 2.27. The average molecular weight is 288 g/mol. The minimum Gasteiger partial charge on any atom is -0.379 e. The number of allylic oxidation sites excluding steroid dienone is 3. The summed E-state index contributed by atoms with van der Waals surface area (Å²) in [7, 11) is 0. The first-order valence-electron chi connectivity index (χ1n) is 6.65. The zero-order valence-corrected chi connectivity index (χ0v) is 12.7. The summed E-state index contributed by atoms with van der Waals surface area (Å²) in [5.74, 6) is 0.